The summed E-state index contributed by atoms with van der Waals surface area (Å²) in [6, 6.07) is 0. The number of Topliss-reactive ketones (excluding diaryl/α,β-unsaturated/α-hetero) is 1. The van der Waals surface area contributed by atoms with Crippen molar-refractivity contribution in [3.8, 4) is 0 Å². The highest BCUT2D eigenvalue weighted by Gasteiger charge is 2.58. The van der Waals surface area contributed by atoms with Gasteiger partial charge in [0, 0.05) is 19.4 Å². The lowest BCUT2D eigenvalue weighted by atomic mass is 9.45. The Morgan fingerprint density at radius 1 is 1.08 bits per heavy atom. The molecule has 0 amide bonds. The SMILES string of the molecule is C[C@H](CO)[C@H]1CCC2C3=C(CC[C@@]21C)[C@@]1(C)CCC(=O)C[C@@]1(C)CC3. The van der Waals surface area contributed by atoms with Crippen LogP contribution in [-0.2, 0) is 4.79 Å². The van der Waals surface area contributed by atoms with Gasteiger partial charge in [-0.15, -0.1) is 0 Å². The first-order valence-corrected chi connectivity index (χ1v) is 10.6. The summed E-state index contributed by atoms with van der Waals surface area (Å²) >= 11 is 0. The van der Waals surface area contributed by atoms with E-state index in [4.69, 9.17) is 0 Å². The van der Waals surface area contributed by atoms with Gasteiger partial charge in [-0.3, -0.25) is 4.79 Å². The third-order valence-electron chi connectivity index (χ3n) is 9.54. The van der Waals surface area contributed by atoms with Crippen molar-refractivity contribution in [1.82, 2.24) is 0 Å². The lowest BCUT2D eigenvalue weighted by molar-refractivity contribution is -0.129. The first-order valence-electron chi connectivity index (χ1n) is 10.6. The summed E-state index contributed by atoms with van der Waals surface area (Å²) in [6.07, 6.45) is 10.2. The molecule has 0 spiro atoms. The summed E-state index contributed by atoms with van der Waals surface area (Å²) in [7, 11) is 0. The van der Waals surface area contributed by atoms with Crippen LogP contribution in [0.25, 0.3) is 0 Å². The Morgan fingerprint density at radius 3 is 2.56 bits per heavy atom. The number of aliphatic hydroxyl groups is 1. The highest BCUT2D eigenvalue weighted by molar-refractivity contribution is 5.80. The summed E-state index contributed by atoms with van der Waals surface area (Å²) in [5.41, 5.74) is 4.36. The molecule has 0 heterocycles. The maximum atomic E-state index is 12.2. The molecule has 0 bridgehead atoms. The molecule has 0 radical (unpaired) electrons. The summed E-state index contributed by atoms with van der Waals surface area (Å²) < 4.78 is 0. The number of ketones is 1. The van der Waals surface area contributed by atoms with Crippen LogP contribution in [0, 0.1) is 34.0 Å². The fourth-order valence-electron chi connectivity index (χ4n) is 7.68. The molecule has 0 saturated heterocycles. The Kier molecular flexibility index (Phi) is 4.04. The molecule has 1 unspecified atom stereocenters. The minimum absolute atomic E-state index is 0.186. The molecule has 2 saturated carbocycles. The Bertz CT molecular complexity index is 620. The Labute approximate surface area is 153 Å². The Balaban J connectivity index is 1.72. The van der Waals surface area contributed by atoms with Crippen molar-refractivity contribution in [1.29, 1.82) is 0 Å². The van der Waals surface area contributed by atoms with E-state index in [1.165, 1.54) is 38.5 Å². The average Bonchev–Trinajstić information content (AvgIpc) is 2.92. The van der Waals surface area contributed by atoms with Gasteiger partial charge >= 0.3 is 0 Å². The van der Waals surface area contributed by atoms with Gasteiger partial charge in [-0.1, -0.05) is 38.8 Å². The van der Waals surface area contributed by atoms with Crippen LogP contribution in [0.3, 0.4) is 0 Å². The zero-order valence-corrected chi connectivity index (χ0v) is 16.7. The van der Waals surface area contributed by atoms with E-state index in [0.29, 0.717) is 29.6 Å². The van der Waals surface area contributed by atoms with Gasteiger partial charge in [-0.2, -0.15) is 0 Å². The minimum atomic E-state index is 0.186. The minimum Gasteiger partial charge on any atom is -0.396 e. The summed E-state index contributed by atoms with van der Waals surface area (Å²) in [5, 5.41) is 9.74. The standard InChI is InChI=1S/C23H36O2/c1-15(14-24)18-5-6-19-17-8-10-21(2)13-16(25)7-12-23(21,4)20(17)9-11-22(18,19)3/h15,18-19,24H,5-14H2,1-4H3/t15-,18-,19?,21-,22-,23-/m1/s1. The maximum Gasteiger partial charge on any atom is 0.133 e. The molecular formula is C23H36O2. The Hall–Kier alpha value is -0.630. The van der Waals surface area contributed by atoms with Gasteiger partial charge in [-0.05, 0) is 78.9 Å². The van der Waals surface area contributed by atoms with Crippen molar-refractivity contribution in [3.63, 3.8) is 0 Å². The number of allylic oxidation sites excluding steroid dienone is 2. The van der Waals surface area contributed by atoms with Crippen molar-refractivity contribution in [2.75, 3.05) is 6.61 Å². The van der Waals surface area contributed by atoms with E-state index >= 15 is 0 Å². The fourth-order valence-corrected chi connectivity index (χ4v) is 7.68. The van der Waals surface area contributed by atoms with Crippen LogP contribution in [0.2, 0.25) is 0 Å². The van der Waals surface area contributed by atoms with Crippen LogP contribution in [0.5, 0.6) is 0 Å². The smallest absolute Gasteiger partial charge is 0.133 e. The van der Waals surface area contributed by atoms with Gasteiger partial charge in [0.1, 0.15) is 5.78 Å². The highest BCUT2D eigenvalue weighted by atomic mass is 16.3. The molecule has 140 valence electrons. The number of fused-ring (bicyclic) bond motifs is 4. The molecule has 2 nitrogen and oxygen atoms in total. The first-order chi connectivity index (χ1) is 11.7. The van der Waals surface area contributed by atoms with Gasteiger partial charge in [0.25, 0.3) is 0 Å². The van der Waals surface area contributed by atoms with Crippen molar-refractivity contribution >= 4 is 5.78 Å². The van der Waals surface area contributed by atoms with Crippen LogP contribution in [-0.4, -0.2) is 17.5 Å². The van der Waals surface area contributed by atoms with E-state index in [1.807, 2.05) is 0 Å². The quantitative estimate of drug-likeness (QED) is 0.690. The summed E-state index contributed by atoms with van der Waals surface area (Å²) in [4.78, 5) is 12.2. The monoisotopic (exact) mass is 344 g/mol. The van der Waals surface area contributed by atoms with Crippen LogP contribution in [0.15, 0.2) is 11.1 Å². The Morgan fingerprint density at radius 2 is 1.84 bits per heavy atom. The van der Waals surface area contributed by atoms with Crippen LogP contribution in [0.1, 0.15) is 85.5 Å². The topological polar surface area (TPSA) is 37.3 Å². The van der Waals surface area contributed by atoms with Gasteiger partial charge in [0.05, 0.1) is 0 Å². The van der Waals surface area contributed by atoms with Gasteiger partial charge in [-0.25, -0.2) is 0 Å². The molecule has 0 aliphatic heterocycles. The third kappa shape index (κ3) is 2.28. The van der Waals surface area contributed by atoms with Crippen molar-refractivity contribution in [2.24, 2.45) is 34.0 Å². The van der Waals surface area contributed by atoms with E-state index in [1.54, 1.807) is 11.1 Å². The molecule has 2 heteroatoms. The predicted molar refractivity (Wildman–Crippen MR) is 101 cm³/mol. The molecule has 1 N–H and O–H groups in total. The van der Waals surface area contributed by atoms with Crippen molar-refractivity contribution in [3.05, 3.63) is 11.1 Å². The highest BCUT2D eigenvalue weighted by Crippen LogP contribution is 2.68. The second kappa shape index (κ2) is 5.68. The molecule has 4 aliphatic rings. The van der Waals surface area contributed by atoms with E-state index in [9.17, 15) is 9.90 Å². The van der Waals surface area contributed by atoms with Crippen molar-refractivity contribution < 1.29 is 9.90 Å². The molecular weight excluding hydrogens is 308 g/mol. The van der Waals surface area contributed by atoms with Crippen molar-refractivity contribution in [2.45, 2.75) is 85.5 Å². The summed E-state index contributed by atoms with van der Waals surface area (Å²) in [5.74, 6) is 2.32. The van der Waals surface area contributed by atoms with E-state index < -0.39 is 0 Å². The largest absolute Gasteiger partial charge is 0.396 e. The number of carbonyl (C=O) groups is 1. The van der Waals surface area contributed by atoms with Crippen LogP contribution < -0.4 is 0 Å². The fraction of sp³-hybridized carbons (Fsp3) is 0.870. The number of hydrogen-bond acceptors (Lipinski definition) is 2. The number of carbonyl (C=O) groups excluding carboxylic acids is 1. The second-order valence-electron chi connectivity index (χ2n) is 10.5. The molecule has 25 heavy (non-hydrogen) atoms. The second-order valence-corrected chi connectivity index (χ2v) is 10.5. The van der Waals surface area contributed by atoms with Gasteiger partial charge in [0.2, 0.25) is 0 Å². The average molecular weight is 345 g/mol. The number of aliphatic hydroxyl groups excluding tert-OH is 1. The zero-order valence-electron chi connectivity index (χ0n) is 16.7. The zero-order chi connectivity index (χ0) is 18.0. The maximum absolute atomic E-state index is 12.2. The molecule has 0 aromatic rings. The molecule has 2 fully saturated rings. The van der Waals surface area contributed by atoms with Crippen LogP contribution >= 0.6 is 0 Å². The normalized spacial score (nSPS) is 48.0. The lowest BCUT2D eigenvalue weighted by Crippen LogP contribution is -2.50. The van der Waals surface area contributed by atoms with E-state index in [2.05, 4.69) is 27.7 Å². The molecule has 0 aromatic heterocycles. The summed E-state index contributed by atoms with van der Waals surface area (Å²) in [6.45, 7) is 9.98. The predicted octanol–water partition coefficient (Wildman–Crippen LogP) is 5.30. The van der Waals surface area contributed by atoms with E-state index in [-0.39, 0.29) is 10.8 Å². The van der Waals surface area contributed by atoms with Gasteiger partial charge in [0.15, 0.2) is 0 Å². The third-order valence-corrected chi connectivity index (χ3v) is 9.54. The molecule has 0 aromatic carbocycles. The van der Waals surface area contributed by atoms with E-state index in [0.717, 1.165) is 25.2 Å². The van der Waals surface area contributed by atoms with Gasteiger partial charge < -0.3 is 5.11 Å². The molecule has 6 atom stereocenters. The van der Waals surface area contributed by atoms with Crippen LogP contribution in [0.4, 0.5) is 0 Å². The lowest BCUT2D eigenvalue weighted by Gasteiger charge is -2.59. The molecule has 4 rings (SSSR count). The number of hydrogen-bond donors (Lipinski definition) is 1. The number of rotatable bonds is 2. The molecule has 4 aliphatic carbocycles. The first kappa shape index (κ1) is 17.8.